The molecule has 1 saturated heterocycles. The Morgan fingerprint density at radius 3 is 3.00 bits per heavy atom. The number of rotatable bonds is 3. The van der Waals surface area contributed by atoms with Crippen LogP contribution in [0.2, 0.25) is 0 Å². The average molecular weight is 338 g/mol. The summed E-state index contributed by atoms with van der Waals surface area (Å²) in [5.41, 5.74) is 0.541. The second kappa shape index (κ2) is 6.16. The lowest BCUT2D eigenvalue weighted by Gasteiger charge is -2.22. The van der Waals surface area contributed by atoms with Gasteiger partial charge >= 0.3 is 0 Å². The zero-order valence-electron chi connectivity index (χ0n) is 13.9. The highest BCUT2D eigenvalue weighted by atomic mass is 16.5. The quantitative estimate of drug-likeness (QED) is 0.730. The molecule has 3 aromatic rings. The summed E-state index contributed by atoms with van der Waals surface area (Å²) in [6.45, 7) is 2.42. The van der Waals surface area contributed by atoms with Gasteiger partial charge in [-0.3, -0.25) is 9.59 Å². The molecule has 4 rings (SSSR count). The van der Waals surface area contributed by atoms with Crippen LogP contribution < -0.4 is 5.56 Å². The second-order valence-electron chi connectivity index (χ2n) is 6.31. The number of hydrogen-bond acceptors (Lipinski definition) is 5. The highest BCUT2D eigenvalue weighted by Crippen LogP contribution is 2.32. The van der Waals surface area contributed by atoms with E-state index in [-0.39, 0.29) is 24.1 Å². The van der Waals surface area contributed by atoms with Crippen LogP contribution in [0.25, 0.3) is 10.8 Å². The summed E-state index contributed by atoms with van der Waals surface area (Å²) in [6.07, 6.45) is 3.35. The summed E-state index contributed by atoms with van der Waals surface area (Å²) in [6, 6.07) is 8.97. The number of aryl methyl sites for hydroxylation is 1. The largest absolute Gasteiger partial charge is 0.359 e. The summed E-state index contributed by atoms with van der Waals surface area (Å²) in [7, 11) is 0. The number of likely N-dealkylation sites (tertiary alicyclic amines) is 1. The van der Waals surface area contributed by atoms with E-state index >= 15 is 0 Å². The van der Waals surface area contributed by atoms with Crippen LogP contribution in [0.4, 0.5) is 0 Å². The molecule has 3 heterocycles. The van der Waals surface area contributed by atoms with Crippen LogP contribution in [0.15, 0.2) is 45.8 Å². The Labute approximate surface area is 143 Å². The Morgan fingerprint density at radius 1 is 1.36 bits per heavy atom. The molecule has 1 aromatic carbocycles. The molecular weight excluding hydrogens is 320 g/mol. The molecule has 0 aliphatic carbocycles. The zero-order valence-corrected chi connectivity index (χ0v) is 13.9. The topological polar surface area (TPSA) is 81.2 Å². The molecule has 1 aliphatic heterocycles. The lowest BCUT2D eigenvalue weighted by molar-refractivity contribution is -0.133. The summed E-state index contributed by atoms with van der Waals surface area (Å²) < 4.78 is 6.56. The van der Waals surface area contributed by atoms with Gasteiger partial charge < -0.3 is 9.42 Å². The molecule has 0 radical (unpaired) electrons. The summed E-state index contributed by atoms with van der Waals surface area (Å²) in [5.74, 6) is 0.559. The van der Waals surface area contributed by atoms with E-state index in [1.165, 1.54) is 4.68 Å². The Balaban J connectivity index is 1.59. The van der Waals surface area contributed by atoms with E-state index in [2.05, 4.69) is 10.3 Å². The first-order chi connectivity index (χ1) is 12.1. The van der Waals surface area contributed by atoms with Crippen LogP contribution in [0.1, 0.15) is 30.3 Å². The van der Waals surface area contributed by atoms with Gasteiger partial charge in [0.2, 0.25) is 5.91 Å². The maximum Gasteiger partial charge on any atom is 0.275 e. The number of amides is 1. The summed E-state index contributed by atoms with van der Waals surface area (Å²) in [4.78, 5) is 27.0. The first kappa shape index (κ1) is 15.6. The van der Waals surface area contributed by atoms with Gasteiger partial charge in [0, 0.05) is 18.0 Å². The van der Waals surface area contributed by atoms with Crippen LogP contribution >= 0.6 is 0 Å². The fourth-order valence-electron chi connectivity index (χ4n) is 3.36. The van der Waals surface area contributed by atoms with Crippen molar-refractivity contribution in [2.45, 2.75) is 32.4 Å². The van der Waals surface area contributed by atoms with Crippen LogP contribution in [-0.4, -0.2) is 32.3 Å². The van der Waals surface area contributed by atoms with Crippen molar-refractivity contribution < 1.29 is 9.32 Å². The van der Waals surface area contributed by atoms with Gasteiger partial charge in [-0.25, -0.2) is 4.68 Å². The molecule has 0 unspecified atom stereocenters. The number of carbonyl (C=O) groups excluding carboxylic acids is 1. The molecule has 7 nitrogen and oxygen atoms in total. The monoisotopic (exact) mass is 338 g/mol. The van der Waals surface area contributed by atoms with Gasteiger partial charge in [-0.1, -0.05) is 23.4 Å². The fourth-order valence-corrected chi connectivity index (χ4v) is 3.36. The van der Waals surface area contributed by atoms with Crippen molar-refractivity contribution in [2.75, 3.05) is 6.54 Å². The van der Waals surface area contributed by atoms with E-state index in [0.717, 1.165) is 23.9 Å². The van der Waals surface area contributed by atoms with Crippen molar-refractivity contribution in [3.63, 3.8) is 0 Å². The predicted molar refractivity (Wildman–Crippen MR) is 90.9 cm³/mol. The molecule has 1 fully saturated rings. The van der Waals surface area contributed by atoms with Gasteiger partial charge in [-0.05, 0) is 25.8 Å². The minimum atomic E-state index is -0.252. The van der Waals surface area contributed by atoms with Crippen LogP contribution in [0, 0.1) is 6.92 Å². The predicted octanol–water partition coefficient (Wildman–Crippen LogP) is 2.06. The second-order valence-corrected chi connectivity index (χ2v) is 6.31. The molecule has 0 N–H and O–H groups in total. The first-order valence-electron chi connectivity index (χ1n) is 8.31. The number of fused-ring (bicyclic) bond motifs is 1. The minimum absolute atomic E-state index is 0.0761. The molecule has 7 heteroatoms. The molecule has 0 spiro atoms. The van der Waals surface area contributed by atoms with Crippen molar-refractivity contribution in [1.82, 2.24) is 19.8 Å². The highest BCUT2D eigenvalue weighted by molar-refractivity contribution is 5.81. The van der Waals surface area contributed by atoms with Crippen molar-refractivity contribution in [3.8, 4) is 0 Å². The third-order valence-corrected chi connectivity index (χ3v) is 4.59. The van der Waals surface area contributed by atoms with Gasteiger partial charge in [0.25, 0.3) is 5.56 Å². The normalized spacial score (nSPS) is 17.3. The number of nitrogens with zero attached hydrogens (tertiary/aromatic N) is 4. The maximum atomic E-state index is 12.8. The lowest BCUT2D eigenvalue weighted by atomic mass is 10.1. The third-order valence-electron chi connectivity index (χ3n) is 4.59. The van der Waals surface area contributed by atoms with Gasteiger partial charge in [0.1, 0.15) is 6.54 Å². The molecule has 25 heavy (non-hydrogen) atoms. The maximum absolute atomic E-state index is 12.8. The Kier molecular flexibility index (Phi) is 3.83. The van der Waals surface area contributed by atoms with E-state index in [9.17, 15) is 9.59 Å². The van der Waals surface area contributed by atoms with Gasteiger partial charge in [0.05, 0.1) is 23.3 Å². The van der Waals surface area contributed by atoms with E-state index in [1.54, 1.807) is 23.2 Å². The number of hydrogen-bond donors (Lipinski definition) is 0. The zero-order chi connectivity index (χ0) is 17.4. The Hall–Kier alpha value is -2.96. The van der Waals surface area contributed by atoms with Crippen molar-refractivity contribution in [3.05, 3.63) is 58.3 Å². The molecule has 128 valence electrons. The van der Waals surface area contributed by atoms with Crippen molar-refractivity contribution in [2.24, 2.45) is 0 Å². The van der Waals surface area contributed by atoms with Crippen molar-refractivity contribution >= 4 is 16.7 Å². The lowest BCUT2D eigenvalue weighted by Crippen LogP contribution is -2.37. The van der Waals surface area contributed by atoms with Gasteiger partial charge in [0.15, 0.2) is 5.76 Å². The van der Waals surface area contributed by atoms with Crippen LogP contribution in [-0.2, 0) is 11.3 Å². The molecule has 1 aliphatic rings. The van der Waals surface area contributed by atoms with E-state index in [1.807, 2.05) is 25.1 Å². The molecule has 2 aromatic heterocycles. The Morgan fingerprint density at radius 2 is 2.20 bits per heavy atom. The standard InChI is InChI=1S/C18H18N4O3/c1-12-9-16(25-20-12)15-7-4-8-21(15)17(23)11-22-18(24)14-6-3-2-5-13(14)10-19-22/h2-3,5-6,9-10,15H,4,7-8,11H2,1H3/t15-/m1/s1. The van der Waals surface area contributed by atoms with E-state index in [4.69, 9.17) is 4.52 Å². The number of carbonyl (C=O) groups is 1. The van der Waals surface area contributed by atoms with Gasteiger partial charge in [-0.15, -0.1) is 0 Å². The summed E-state index contributed by atoms with van der Waals surface area (Å²) >= 11 is 0. The van der Waals surface area contributed by atoms with Gasteiger partial charge in [-0.2, -0.15) is 5.10 Å². The first-order valence-corrected chi connectivity index (χ1v) is 8.31. The smallest absolute Gasteiger partial charge is 0.275 e. The third kappa shape index (κ3) is 2.82. The van der Waals surface area contributed by atoms with Crippen molar-refractivity contribution in [1.29, 1.82) is 0 Å². The fraction of sp³-hybridized carbons (Fsp3) is 0.333. The van der Waals surface area contributed by atoms with Crippen LogP contribution in [0.3, 0.4) is 0 Å². The summed E-state index contributed by atoms with van der Waals surface area (Å²) in [5, 5.41) is 9.38. The molecule has 1 atom stereocenters. The molecule has 0 saturated carbocycles. The van der Waals surface area contributed by atoms with E-state index < -0.39 is 0 Å². The highest BCUT2D eigenvalue weighted by Gasteiger charge is 2.32. The minimum Gasteiger partial charge on any atom is -0.359 e. The number of benzene rings is 1. The molecule has 0 bridgehead atoms. The average Bonchev–Trinajstić information content (AvgIpc) is 3.26. The molecular formula is C18H18N4O3. The number of aromatic nitrogens is 3. The molecule has 1 amide bonds. The van der Waals surface area contributed by atoms with Crippen LogP contribution in [0.5, 0.6) is 0 Å². The SMILES string of the molecule is Cc1cc([C@H]2CCCN2C(=O)Cn2ncc3ccccc3c2=O)on1. The Bertz CT molecular complexity index is 991. The van der Waals surface area contributed by atoms with E-state index in [0.29, 0.717) is 17.7 Å².